The third-order valence-corrected chi connectivity index (χ3v) is 5.24. The van der Waals surface area contributed by atoms with Crippen LogP contribution in [-0.2, 0) is 4.79 Å². The Labute approximate surface area is 148 Å². The fraction of sp³-hybridized carbons (Fsp3) is 0.150. The minimum Gasteiger partial charge on any atom is -0.315 e. The first-order chi connectivity index (χ1) is 11.6. The Morgan fingerprint density at radius 2 is 1.92 bits per heavy atom. The molecular formula is C20H15BrFNO. The molecule has 0 saturated carbocycles. The fourth-order valence-electron chi connectivity index (χ4n) is 3.54. The summed E-state index contributed by atoms with van der Waals surface area (Å²) < 4.78 is 15.3. The molecule has 0 radical (unpaired) electrons. The molecule has 3 aromatic carbocycles. The van der Waals surface area contributed by atoms with Crippen molar-refractivity contribution in [1.29, 1.82) is 0 Å². The number of fused-ring (bicyclic) bond motifs is 3. The zero-order valence-corrected chi connectivity index (χ0v) is 14.7. The van der Waals surface area contributed by atoms with Crippen molar-refractivity contribution in [1.82, 2.24) is 0 Å². The second-order valence-corrected chi connectivity index (χ2v) is 7.01. The lowest BCUT2D eigenvalue weighted by Crippen LogP contribution is -2.33. The Balaban J connectivity index is 2.04. The van der Waals surface area contributed by atoms with Gasteiger partial charge in [0, 0.05) is 29.5 Å². The van der Waals surface area contributed by atoms with Crippen LogP contribution in [0.1, 0.15) is 23.5 Å². The van der Waals surface area contributed by atoms with Gasteiger partial charge in [-0.05, 0) is 46.2 Å². The molecule has 1 atom stereocenters. The molecule has 4 heteroatoms. The van der Waals surface area contributed by atoms with Crippen molar-refractivity contribution in [2.75, 3.05) is 11.9 Å². The molecule has 4 rings (SSSR count). The number of hydrogen-bond acceptors (Lipinski definition) is 1. The van der Waals surface area contributed by atoms with E-state index in [0.717, 1.165) is 26.5 Å². The van der Waals surface area contributed by atoms with Crippen LogP contribution in [0.4, 0.5) is 10.1 Å². The van der Waals surface area contributed by atoms with Crippen LogP contribution in [0.3, 0.4) is 0 Å². The number of rotatable bonds is 1. The normalized spacial score (nSPS) is 17.2. The van der Waals surface area contributed by atoms with Gasteiger partial charge in [-0.1, -0.05) is 46.3 Å². The Hall–Kier alpha value is -2.20. The van der Waals surface area contributed by atoms with Crippen LogP contribution < -0.4 is 4.90 Å². The van der Waals surface area contributed by atoms with E-state index in [-0.39, 0.29) is 24.1 Å². The Kier molecular flexibility index (Phi) is 3.65. The molecule has 1 aliphatic heterocycles. The number of amides is 1. The maximum atomic E-state index is 14.5. The molecule has 2 nitrogen and oxygen atoms in total. The molecule has 1 unspecified atom stereocenters. The van der Waals surface area contributed by atoms with Gasteiger partial charge >= 0.3 is 0 Å². The van der Waals surface area contributed by atoms with E-state index in [4.69, 9.17) is 0 Å². The van der Waals surface area contributed by atoms with Gasteiger partial charge in [0.1, 0.15) is 5.82 Å². The zero-order valence-electron chi connectivity index (χ0n) is 13.1. The minimum absolute atomic E-state index is 0.00200. The van der Waals surface area contributed by atoms with E-state index in [9.17, 15) is 9.18 Å². The first-order valence-corrected chi connectivity index (χ1v) is 8.58. The number of hydrogen-bond donors (Lipinski definition) is 0. The van der Waals surface area contributed by atoms with Crippen LogP contribution in [0, 0.1) is 5.82 Å². The van der Waals surface area contributed by atoms with Gasteiger partial charge < -0.3 is 4.90 Å². The second kappa shape index (κ2) is 5.71. The van der Waals surface area contributed by atoms with Crippen LogP contribution >= 0.6 is 15.9 Å². The molecule has 0 aliphatic carbocycles. The third-order valence-electron chi connectivity index (χ3n) is 4.74. The molecule has 0 fully saturated rings. The number of nitrogens with zero attached hydrogens (tertiary/aromatic N) is 1. The van der Waals surface area contributed by atoms with Crippen molar-refractivity contribution in [2.24, 2.45) is 0 Å². The molecule has 0 saturated heterocycles. The van der Waals surface area contributed by atoms with Gasteiger partial charge in [0.2, 0.25) is 5.91 Å². The highest BCUT2D eigenvalue weighted by atomic mass is 79.9. The van der Waals surface area contributed by atoms with E-state index in [1.165, 1.54) is 6.07 Å². The predicted molar refractivity (Wildman–Crippen MR) is 97.9 cm³/mol. The highest BCUT2D eigenvalue weighted by Crippen LogP contribution is 2.44. The lowest BCUT2D eigenvalue weighted by atomic mass is 9.81. The SMILES string of the molecule is CN1C(=O)CC(c2cc(Br)ccc2F)c2c1ccc1ccccc21. The van der Waals surface area contributed by atoms with Gasteiger partial charge in [0.15, 0.2) is 0 Å². The van der Waals surface area contributed by atoms with E-state index < -0.39 is 0 Å². The Morgan fingerprint density at radius 1 is 1.12 bits per heavy atom. The van der Waals surface area contributed by atoms with E-state index in [1.807, 2.05) is 36.4 Å². The lowest BCUT2D eigenvalue weighted by molar-refractivity contribution is -0.118. The van der Waals surface area contributed by atoms with Crippen molar-refractivity contribution >= 4 is 38.3 Å². The summed E-state index contributed by atoms with van der Waals surface area (Å²) in [4.78, 5) is 14.1. The maximum Gasteiger partial charge on any atom is 0.227 e. The summed E-state index contributed by atoms with van der Waals surface area (Å²) in [5.41, 5.74) is 2.44. The van der Waals surface area contributed by atoms with Gasteiger partial charge in [-0.15, -0.1) is 0 Å². The molecule has 0 bridgehead atoms. The lowest BCUT2D eigenvalue weighted by Gasteiger charge is -2.33. The van der Waals surface area contributed by atoms with Crippen LogP contribution in [0.2, 0.25) is 0 Å². The highest BCUT2D eigenvalue weighted by Gasteiger charge is 2.33. The number of anilines is 1. The first kappa shape index (κ1) is 15.3. The number of carbonyl (C=O) groups excluding carboxylic acids is 1. The summed E-state index contributed by atoms with van der Waals surface area (Å²) in [5.74, 6) is -0.561. The standard InChI is InChI=1S/C20H15BrFNO/c1-23-18-9-6-12-4-2-3-5-14(12)20(18)16(11-19(23)24)15-10-13(21)7-8-17(15)22/h2-10,16H,11H2,1H3. The fourth-order valence-corrected chi connectivity index (χ4v) is 3.92. The largest absolute Gasteiger partial charge is 0.315 e. The zero-order chi connectivity index (χ0) is 16.8. The number of benzene rings is 3. The predicted octanol–water partition coefficient (Wildman–Crippen LogP) is 5.24. The monoisotopic (exact) mass is 383 g/mol. The quantitative estimate of drug-likeness (QED) is 0.562. The summed E-state index contributed by atoms with van der Waals surface area (Å²) in [6, 6.07) is 16.9. The topological polar surface area (TPSA) is 20.3 Å². The molecule has 0 spiro atoms. The van der Waals surface area contributed by atoms with Gasteiger partial charge in [-0.25, -0.2) is 4.39 Å². The van der Waals surface area contributed by atoms with Crippen LogP contribution in [-0.4, -0.2) is 13.0 Å². The maximum absolute atomic E-state index is 14.5. The van der Waals surface area contributed by atoms with E-state index >= 15 is 0 Å². The van der Waals surface area contributed by atoms with Gasteiger partial charge in [0.05, 0.1) is 0 Å². The Bertz CT molecular complexity index is 969. The second-order valence-electron chi connectivity index (χ2n) is 6.09. The average molecular weight is 384 g/mol. The van der Waals surface area contributed by atoms with Gasteiger partial charge in [0.25, 0.3) is 0 Å². The summed E-state index contributed by atoms with van der Waals surface area (Å²) in [5, 5.41) is 2.16. The molecule has 1 aliphatic rings. The van der Waals surface area contributed by atoms with E-state index in [2.05, 4.69) is 15.9 Å². The van der Waals surface area contributed by atoms with Crippen molar-refractivity contribution in [3.05, 3.63) is 76.0 Å². The smallest absolute Gasteiger partial charge is 0.227 e. The third kappa shape index (κ3) is 2.33. The molecule has 24 heavy (non-hydrogen) atoms. The van der Waals surface area contributed by atoms with E-state index in [0.29, 0.717) is 5.56 Å². The van der Waals surface area contributed by atoms with Crippen LogP contribution in [0.25, 0.3) is 10.8 Å². The summed E-state index contributed by atoms with van der Waals surface area (Å²) in [7, 11) is 1.78. The molecule has 0 N–H and O–H groups in total. The number of halogens is 2. The summed E-state index contributed by atoms with van der Waals surface area (Å²) in [6.45, 7) is 0. The average Bonchev–Trinajstić information content (AvgIpc) is 2.59. The summed E-state index contributed by atoms with van der Waals surface area (Å²) in [6.07, 6.45) is 0.269. The Morgan fingerprint density at radius 3 is 2.75 bits per heavy atom. The number of carbonyl (C=O) groups is 1. The molecule has 120 valence electrons. The van der Waals surface area contributed by atoms with Gasteiger partial charge in [-0.2, -0.15) is 0 Å². The molecule has 0 aromatic heterocycles. The van der Waals surface area contributed by atoms with Crippen molar-refractivity contribution in [3.8, 4) is 0 Å². The molecular weight excluding hydrogens is 369 g/mol. The van der Waals surface area contributed by atoms with E-state index in [1.54, 1.807) is 24.1 Å². The van der Waals surface area contributed by atoms with Gasteiger partial charge in [-0.3, -0.25) is 4.79 Å². The molecule has 1 amide bonds. The van der Waals surface area contributed by atoms with Crippen molar-refractivity contribution in [2.45, 2.75) is 12.3 Å². The van der Waals surface area contributed by atoms with Crippen molar-refractivity contribution in [3.63, 3.8) is 0 Å². The molecule has 1 heterocycles. The van der Waals surface area contributed by atoms with Crippen molar-refractivity contribution < 1.29 is 9.18 Å². The van der Waals surface area contributed by atoms with Crippen LogP contribution in [0.5, 0.6) is 0 Å². The molecule has 3 aromatic rings. The minimum atomic E-state index is -0.285. The summed E-state index contributed by atoms with van der Waals surface area (Å²) >= 11 is 3.42. The highest BCUT2D eigenvalue weighted by molar-refractivity contribution is 9.10. The first-order valence-electron chi connectivity index (χ1n) is 7.79. The van der Waals surface area contributed by atoms with Crippen LogP contribution in [0.15, 0.2) is 59.1 Å².